The van der Waals surface area contributed by atoms with Gasteiger partial charge in [-0.3, -0.25) is 4.79 Å². The Labute approximate surface area is 123 Å². The molecule has 5 nitrogen and oxygen atoms in total. The van der Waals surface area contributed by atoms with Gasteiger partial charge < -0.3 is 15.2 Å². The van der Waals surface area contributed by atoms with E-state index in [-0.39, 0.29) is 30.1 Å². The molecule has 1 heterocycles. The number of methoxy groups -OCH3 is 1. The fourth-order valence-corrected chi connectivity index (χ4v) is 3.83. The van der Waals surface area contributed by atoms with E-state index >= 15 is 0 Å². The molecule has 1 saturated carbocycles. The molecule has 0 radical (unpaired) electrons. The van der Waals surface area contributed by atoms with Crippen molar-refractivity contribution < 1.29 is 14.6 Å². The number of carbonyl (C=O) groups is 1. The largest absolute Gasteiger partial charge is 0.389 e. The van der Waals surface area contributed by atoms with Crippen molar-refractivity contribution in [3.8, 4) is 0 Å². The SMILES string of the molecule is CCC1(CC)C(NC(=O)c2csc(CO)n2)CC1OC. The van der Waals surface area contributed by atoms with E-state index in [0.717, 1.165) is 19.3 Å². The Morgan fingerprint density at radius 1 is 1.60 bits per heavy atom. The highest BCUT2D eigenvalue weighted by molar-refractivity contribution is 7.09. The van der Waals surface area contributed by atoms with Crippen molar-refractivity contribution in [3.05, 3.63) is 16.1 Å². The summed E-state index contributed by atoms with van der Waals surface area (Å²) in [6.45, 7) is 4.15. The van der Waals surface area contributed by atoms with Gasteiger partial charge >= 0.3 is 0 Å². The summed E-state index contributed by atoms with van der Waals surface area (Å²) in [4.78, 5) is 16.3. The maximum Gasteiger partial charge on any atom is 0.271 e. The lowest BCUT2D eigenvalue weighted by atomic mass is 9.58. The maximum absolute atomic E-state index is 12.2. The number of aliphatic hydroxyl groups is 1. The number of rotatable bonds is 6. The highest BCUT2D eigenvalue weighted by Gasteiger charge is 2.53. The van der Waals surface area contributed by atoms with Gasteiger partial charge in [0.25, 0.3) is 5.91 Å². The minimum absolute atomic E-state index is 0.0280. The molecular formula is C14H22N2O3S. The predicted octanol–water partition coefficient (Wildman–Crippen LogP) is 1.96. The lowest BCUT2D eigenvalue weighted by molar-refractivity contribution is -0.120. The first-order valence-corrected chi connectivity index (χ1v) is 7.88. The fourth-order valence-electron chi connectivity index (χ4n) is 3.20. The van der Waals surface area contributed by atoms with E-state index in [4.69, 9.17) is 9.84 Å². The predicted molar refractivity (Wildman–Crippen MR) is 77.7 cm³/mol. The first kappa shape index (κ1) is 15.4. The lowest BCUT2D eigenvalue weighted by Crippen LogP contribution is -2.64. The van der Waals surface area contributed by atoms with Crippen LogP contribution in [-0.4, -0.2) is 35.3 Å². The molecule has 2 atom stereocenters. The molecule has 20 heavy (non-hydrogen) atoms. The third kappa shape index (κ3) is 2.47. The zero-order chi connectivity index (χ0) is 14.8. The maximum atomic E-state index is 12.2. The van der Waals surface area contributed by atoms with Crippen molar-refractivity contribution in [2.24, 2.45) is 5.41 Å². The summed E-state index contributed by atoms with van der Waals surface area (Å²) < 4.78 is 5.53. The van der Waals surface area contributed by atoms with E-state index in [1.54, 1.807) is 12.5 Å². The van der Waals surface area contributed by atoms with Crippen LogP contribution in [0.3, 0.4) is 0 Å². The number of hydrogen-bond acceptors (Lipinski definition) is 5. The van der Waals surface area contributed by atoms with Crippen molar-refractivity contribution in [2.75, 3.05) is 7.11 Å². The highest BCUT2D eigenvalue weighted by Crippen LogP contribution is 2.48. The molecule has 2 unspecified atom stereocenters. The Kier molecular flexibility index (Phi) is 4.78. The molecule has 0 aromatic carbocycles. The summed E-state index contributed by atoms with van der Waals surface area (Å²) in [6.07, 6.45) is 3.02. The first-order chi connectivity index (χ1) is 9.61. The van der Waals surface area contributed by atoms with Crippen LogP contribution < -0.4 is 5.32 Å². The molecule has 0 bridgehead atoms. The van der Waals surface area contributed by atoms with Gasteiger partial charge in [-0.2, -0.15) is 0 Å². The molecule has 2 rings (SSSR count). The molecule has 6 heteroatoms. The molecule has 112 valence electrons. The van der Waals surface area contributed by atoms with Crippen molar-refractivity contribution in [2.45, 2.75) is 51.9 Å². The van der Waals surface area contributed by atoms with Crippen molar-refractivity contribution in [3.63, 3.8) is 0 Å². The van der Waals surface area contributed by atoms with Crippen LogP contribution in [0.1, 0.15) is 48.6 Å². The summed E-state index contributed by atoms with van der Waals surface area (Å²) in [5.74, 6) is -0.160. The van der Waals surface area contributed by atoms with Gasteiger partial charge in [0.15, 0.2) is 0 Å². The summed E-state index contributed by atoms with van der Waals surface area (Å²) in [5.41, 5.74) is 0.418. The molecule has 2 N–H and O–H groups in total. The zero-order valence-electron chi connectivity index (χ0n) is 12.2. The van der Waals surface area contributed by atoms with Gasteiger partial charge in [0.05, 0.1) is 12.7 Å². The topological polar surface area (TPSA) is 71.5 Å². The second-order valence-electron chi connectivity index (χ2n) is 5.21. The van der Waals surface area contributed by atoms with Crippen LogP contribution in [0.5, 0.6) is 0 Å². The van der Waals surface area contributed by atoms with Crippen LogP contribution in [0, 0.1) is 5.41 Å². The van der Waals surface area contributed by atoms with Gasteiger partial charge in [-0.1, -0.05) is 13.8 Å². The molecule has 1 amide bonds. The normalized spacial score (nSPS) is 24.2. The van der Waals surface area contributed by atoms with E-state index in [2.05, 4.69) is 24.1 Å². The number of aliphatic hydroxyl groups excluding tert-OH is 1. The fraction of sp³-hybridized carbons (Fsp3) is 0.714. The molecule has 0 spiro atoms. The molecule has 1 aliphatic rings. The van der Waals surface area contributed by atoms with E-state index < -0.39 is 0 Å². The van der Waals surface area contributed by atoms with Gasteiger partial charge in [-0.05, 0) is 19.3 Å². The Bertz CT molecular complexity index is 471. The number of nitrogens with zero attached hydrogens (tertiary/aromatic N) is 1. The van der Waals surface area contributed by atoms with Gasteiger partial charge in [0.1, 0.15) is 10.7 Å². The monoisotopic (exact) mass is 298 g/mol. The molecule has 0 aliphatic heterocycles. The Hall–Kier alpha value is -0.980. The Balaban J connectivity index is 2.04. The number of amides is 1. The number of carbonyl (C=O) groups excluding carboxylic acids is 1. The minimum Gasteiger partial charge on any atom is -0.389 e. The van der Waals surface area contributed by atoms with E-state index in [1.807, 2.05) is 0 Å². The van der Waals surface area contributed by atoms with Crippen LogP contribution >= 0.6 is 11.3 Å². The number of nitrogens with one attached hydrogen (secondary N) is 1. The number of ether oxygens (including phenoxy) is 1. The zero-order valence-corrected chi connectivity index (χ0v) is 13.0. The second-order valence-corrected chi connectivity index (χ2v) is 6.15. The average Bonchev–Trinajstić information content (AvgIpc) is 2.93. The van der Waals surface area contributed by atoms with Crippen LogP contribution in [0.15, 0.2) is 5.38 Å². The quantitative estimate of drug-likeness (QED) is 0.842. The highest BCUT2D eigenvalue weighted by atomic mass is 32.1. The van der Waals surface area contributed by atoms with Crippen LogP contribution in [0.25, 0.3) is 0 Å². The standard InChI is InChI=1S/C14H22N2O3S/c1-4-14(5-2)10(6-11(14)19-3)16-13(18)9-8-20-12(7-17)15-9/h8,10-11,17H,4-7H2,1-3H3,(H,16,18). The molecule has 1 aliphatic carbocycles. The van der Waals surface area contributed by atoms with E-state index in [0.29, 0.717) is 10.7 Å². The molecule has 1 aromatic heterocycles. The minimum atomic E-state index is -0.160. The lowest BCUT2D eigenvalue weighted by Gasteiger charge is -2.55. The average molecular weight is 298 g/mol. The molecule has 1 fully saturated rings. The Morgan fingerprint density at radius 2 is 2.30 bits per heavy atom. The van der Waals surface area contributed by atoms with E-state index in [1.165, 1.54) is 11.3 Å². The molecule has 0 saturated heterocycles. The summed E-state index contributed by atoms with van der Waals surface area (Å²) in [7, 11) is 1.73. The summed E-state index contributed by atoms with van der Waals surface area (Å²) >= 11 is 1.30. The summed E-state index contributed by atoms with van der Waals surface area (Å²) in [6, 6.07) is 0.134. The third-order valence-electron chi connectivity index (χ3n) is 4.61. The van der Waals surface area contributed by atoms with Gasteiger partial charge in [-0.25, -0.2) is 4.98 Å². The first-order valence-electron chi connectivity index (χ1n) is 7.00. The van der Waals surface area contributed by atoms with Crippen molar-refractivity contribution >= 4 is 17.2 Å². The van der Waals surface area contributed by atoms with Gasteiger partial charge in [0.2, 0.25) is 0 Å². The van der Waals surface area contributed by atoms with Crippen LogP contribution in [-0.2, 0) is 11.3 Å². The number of aromatic nitrogens is 1. The number of hydrogen-bond donors (Lipinski definition) is 2. The second kappa shape index (κ2) is 6.20. The Morgan fingerprint density at radius 3 is 2.80 bits per heavy atom. The van der Waals surface area contributed by atoms with Crippen molar-refractivity contribution in [1.82, 2.24) is 10.3 Å². The van der Waals surface area contributed by atoms with Crippen LogP contribution in [0.2, 0.25) is 0 Å². The number of thiazole rings is 1. The molecular weight excluding hydrogens is 276 g/mol. The summed E-state index contributed by atoms with van der Waals surface area (Å²) in [5, 5.41) is 14.3. The smallest absolute Gasteiger partial charge is 0.271 e. The molecule has 1 aromatic rings. The van der Waals surface area contributed by atoms with Crippen LogP contribution in [0.4, 0.5) is 0 Å². The van der Waals surface area contributed by atoms with E-state index in [9.17, 15) is 4.79 Å². The third-order valence-corrected chi connectivity index (χ3v) is 5.44. The van der Waals surface area contributed by atoms with Gasteiger partial charge in [0, 0.05) is 23.9 Å². The van der Waals surface area contributed by atoms with Gasteiger partial charge in [-0.15, -0.1) is 11.3 Å². The van der Waals surface area contributed by atoms with Crippen molar-refractivity contribution in [1.29, 1.82) is 0 Å².